The number of piperidine rings is 1. The molecule has 0 aliphatic carbocycles. The number of sulfone groups is 1. The highest BCUT2D eigenvalue weighted by Crippen LogP contribution is 2.43. The lowest BCUT2D eigenvalue weighted by Gasteiger charge is -2.37. The lowest BCUT2D eigenvalue weighted by Crippen LogP contribution is -2.46. The number of rotatable bonds is 20. The predicted molar refractivity (Wildman–Crippen MR) is 293 cm³/mol. The van der Waals surface area contributed by atoms with Crippen molar-refractivity contribution in [2.45, 2.75) is 72.0 Å². The quantitative estimate of drug-likeness (QED) is 0.0213. The first-order chi connectivity index (χ1) is 35.5. The molecule has 5 N–H and O–H groups in total. The molecule has 0 saturated carbocycles. The van der Waals surface area contributed by atoms with Gasteiger partial charge in [0.2, 0.25) is 8.38 Å². The SMILES string of the molecule is CCn1c(C)c(C(=O)OCP(O)O)c(-c2cccc(N3CCN(c4ccc(NSc5ccc(N[C@H](CCN6CCC(O)CC6)CSc6ccccc6)c(S(=O)(=O)C(F)(F)F)c5)cc4)CC3)c2)c1-c1ccc(Cl)cc1. The molecule has 2 aliphatic rings. The number of carbonyl (C=O) groups is 1. The first kappa shape index (κ1) is 55.3. The number of esters is 1. The van der Waals surface area contributed by atoms with Crippen LogP contribution in [0.1, 0.15) is 42.2 Å². The van der Waals surface area contributed by atoms with E-state index in [2.05, 4.69) is 30.8 Å². The largest absolute Gasteiger partial charge is 0.501 e. The fourth-order valence-electron chi connectivity index (χ4n) is 9.34. The van der Waals surface area contributed by atoms with Gasteiger partial charge < -0.3 is 48.9 Å². The molecule has 6 aromatic rings. The van der Waals surface area contributed by atoms with E-state index in [1.54, 1.807) is 18.2 Å². The van der Waals surface area contributed by atoms with Crippen LogP contribution in [0.2, 0.25) is 5.02 Å². The minimum absolute atomic E-state index is 0.115. The molecule has 0 spiro atoms. The Morgan fingerprint density at radius 1 is 0.838 bits per heavy atom. The van der Waals surface area contributed by atoms with E-state index in [9.17, 15) is 41.3 Å². The maximum absolute atomic E-state index is 14.3. The number of aliphatic hydroxyl groups excluding tert-OH is 1. The van der Waals surface area contributed by atoms with E-state index in [1.807, 2.05) is 103 Å². The monoisotopic (exact) mass is 1110 g/mol. The molecule has 394 valence electrons. The van der Waals surface area contributed by atoms with Crippen molar-refractivity contribution in [3.8, 4) is 22.4 Å². The third kappa shape index (κ3) is 13.5. The van der Waals surface area contributed by atoms with Crippen molar-refractivity contribution >= 4 is 82.2 Å². The minimum Gasteiger partial charge on any atom is -0.452 e. The third-order valence-electron chi connectivity index (χ3n) is 13.2. The average Bonchev–Trinajstić information content (AvgIpc) is 3.70. The molecule has 0 bridgehead atoms. The van der Waals surface area contributed by atoms with Crippen molar-refractivity contribution in [3.63, 3.8) is 0 Å². The first-order valence-corrected chi connectivity index (χ1v) is 29.3. The van der Waals surface area contributed by atoms with Crippen LogP contribution in [0.3, 0.4) is 0 Å². The van der Waals surface area contributed by atoms with Crippen LogP contribution in [0.15, 0.2) is 136 Å². The summed E-state index contributed by atoms with van der Waals surface area (Å²) in [6, 6.07) is 36.4. The number of carbonyl (C=O) groups excluding carboxylic acids is 1. The maximum Gasteiger partial charge on any atom is 0.501 e. The summed E-state index contributed by atoms with van der Waals surface area (Å²) in [6.45, 7) is 9.23. The second kappa shape index (κ2) is 24.8. The molecule has 0 amide bonds. The molecule has 0 unspecified atom stereocenters. The van der Waals surface area contributed by atoms with Gasteiger partial charge in [-0.1, -0.05) is 54.1 Å². The number of nitrogens with one attached hydrogen (secondary N) is 2. The van der Waals surface area contributed by atoms with Gasteiger partial charge in [-0.05, 0) is 135 Å². The summed E-state index contributed by atoms with van der Waals surface area (Å²) in [5.41, 5.74) is 1.13. The summed E-state index contributed by atoms with van der Waals surface area (Å²) < 4.78 is 79.7. The van der Waals surface area contributed by atoms with Gasteiger partial charge in [-0.3, -0.25) is 0 Å². The van der Waals surface area contributed by atoms with Crippen LogP contribution in [0.4, 0.5) is 35.9 Å². The van der Waals surface area contributed by atoms with Gasteiger partial charge in [0, 0.05) is 107 Å². The molecule has 3 heterocycles. The summed E-state index contributed by atoms with van der Waals surface area (Å²) in [7, 11) is -8.19. The zero-order valence-corrected chi connectivity index (χ0v) is 44.9. The van der Waals surface area contributed by atoms with Gasteiger partial charge in [-0.25, -0.2) is 13.2 Å². The number of hydrogen-bond donors (Lipinski definition) is 5. The lowest BCUT2D eigenvalue weighted by molar-refractivity contribution is -0.0435. The smallest absolute Gasteiger partial charge is 0.452 e. The van der Waals surface area contributed by atoms with E-state index in [4.69, 9.17) is 16.3 Å². The molecule has 8 rings (SSSR count). The minimum atomic E-state index is -5.74. The Balaban J connectivity index is 0.939. The van der Waals surface area contributed by atoms with Gasteiger partial charge in [-0.15, -0.1) is 11.8 Å². The molecule has 13 nitrogen and oxygen atoms in total. The van der Waals surface area contributed by atoms with Crippen LogP contribution in [0.5, 0.6) is 0 Å². The number of hydrogen-bond acceptors (Lipinski definition) is 14. The summed E-state index contributed by atoms with van der Waals surface area (Å²) >= 11 is 8.83. The van der Waals surface area contributed by atoms with E-state index in [0.717, 1.165) is 51.1 Å². The van der Waals surface area contributed by atoms with Crippen molar-refractivity contribution in [1.82, 2.24) is 9.47 Å². The normalized spacial score (nSPS) is 15.4. The number of ether oxygens (including phenoxy) is 1. The van der Waals surface area contributed by atoms with Crippen molar-refractivity contribution in [1.29, 1.82) is 0 Å². The molecule has 21 heteroatoms. The number of aliphatic hydroxyl groups is 1. The van der Waals surface area contributed by atoms with Crippen molar-refractivity contribution in [3.05, 3.63) is 138 Å². The third-order valence-corrected chi connectivity index (χ3v) is 17.4. The molecule has 74 heavy (non-hydrogen) atoms. The number of thioether (sulfide) groups is 1. The molecular formula is C53H59ClF3N6O7PS3. The average molecular weight is 1110 g/mol. The number of nitrogens with zero attached hydrogens (tertiary/aromatic N) is 4. The number of alkyl halides is 3. The maximum atomic E-state index is 14.3. The van der Waals surface area contributed by atoms with Crippen LogP contribution in [-0.2, 0) is 21.1 Å². The molecule has 0 radical (unpaired) electrons. The Kier molecular flexibility index (Phi) is 18.5. The van der Waals surface area contributed by atoms with Gasteiger partial charge in [0.15, 0.2) is 6.35 Å². The van der Waals surface area contributed by atoms with Crippen molar-refractivity contribution in [2.24, 2.45) is 0 Å². The van der Waals surface area contributed by atoms with E-state index in [1.165, 1.54) is 17.8 Å². The van der Waals surface area contributed by atoms with Gasteiger partial charge in [0.1, 0.15) is 4.90 Å². The number of likely N-dealkylation sites (tertiary alicyclic amines) is 1. The summed E-state index contributed by atoms with van der Waals surface area (Å²) in [5.74, 6) is -0.169. The molecule has 2 aliphatic heterocycles. The number of aromatic nitrogens is 1. The summed E-state index contributed by atoms with van der Waals surface area (Å²) in [4.78, 5) is 40.0. The first-order valence-electron chi connectivity index (χ1n) is 24.2. The topological polar surface area (TPSA) is 160 Å². The summed E-state index contributed by atoms with van der Waals surface area (Å²) in [5, 5.41) is 13.8. The molecule has 2 fully saturated rings. The van der Waals surface area contributed by atoms with Gasteiger partial charge in [0.05, 0.1) is 23.0 Å². The van der Waals surface area contributed by atoms with Crippen LogP contribution in [0, 0.1) is 6.92 Å². The van der Waals surface area contributed by atoms with Crippen molar-refractivity contribution in [2.75, 3.05) is 77.8 Å². The van der Waals surface area contributed by atoms with Crippen LogP contribution < -0.4 is 19.8 Å². The van der Waals surface area contributed by atoms with E-state index in [0.29, 0.717) is 105 Å². The Labute approximate surface area is 445 Å². The Morgan fingerprint density at radius 2 is 1.51 bits per heavy atom. The van der Waals surface area contributed by atoms with Gasteiger partial charge in [0.25, 0.3) is 9.84 Å². The lowest BCUT2D eigenvalue weighted by atomic mass is 9.96. The summed E-state index contributed by atoms with van der Waals surface area (Å²) in [6.07, 6.45) is 0.990. The standard InChI is InChI=1S/C53H59ClF3N6O7PS3/c1-3-63-36(2)49(52(65)70-35-71(66)67)50(51(63)37-12-14-39(54)15-13-37)38-8-7-9-43(32-38)62-30-28-61(29-31-62)42-18-16-40(17-19-42)59-73-46-20-21-47(48(33-46)74(68,69)53(55,56)57)58-41(34-72-45-10-5-4-6-11-45)22-25-60-26-23-44(64)24-27-60/h4-21,32-33,41,44,58-59,64,66-67H,3,22-31,34-35H2,1-2H3/t41-/m1/s1. The van der Waals surface area contributed by atoms with Crippen molar-refractivity contribution < 1.29 is 46.0 Å². The fraction of sp³-hybridized carbons (Fsp3) is 0.340. The molecular weight excluding hydrogens is 1050 g/mol. The zero-order valence-electron chi connectivity index (χ0n) is 40.8. The van der Waals surface area contributed by atoms with Gasteiger partial charge >= 0.3 is 11.5 Å². The number of piperazine rings is 1. The van der Waals surface area contributed by atoms with Crippen LogP contribution in [0.25, 0.3) is 22.4 Å². The Hall–Kier alpha value is -4.95. The Morgan fingerprint density at radius 3 is 2.16 bits per heavy atom. The molecule has 1 aromatic heterocycles. The number of benzene rings is 5. The second-order valence-corrected chi connectivity index (χ2v) is 23.4. The highest BCUT2D eigenvalue weighted by molar-refractivity contribution is 8.00. The molecule has 1 atom stereocenters. The highest BCUT2D eigenvalue weighted by Gasteiger charge is 2.48. The predicted octanol–water partition coefficient (Wildman–Crippen LogP) is 11.4. The van der Waals surface area contributed by atoms with E-state index < -0.39 is 40.9 Å². The number of halogens is 4. The molecule has 5 aromatic carbocycles. The van der Waals surface area contributed by atoms with Gasteiger partial charge in [-0.2, -0.15) is 13.2 Å². The number of anilines is 4. The second-order valence-electron chi connectivity index (χ2n) is 18.1. The van der Waals surface area contributed by atoms with E-state index in [-0.39, 0.29) is 22.7 Å². The van der Waals surface area contributed by atoms with Crippen LogP contribution in [-0.4, -0.2) is 114 Å². The Bertz CT molecular complexity index is 2960. The molecule has 2 saturated heterocycles. The fourth-order valence-corrected chi connectivity index (χ4v) is 12.4. The zero-order chi connectivity index (χ0) is 52.6. The van der Waals surface area contributed by atoms with Crippen LogP contribution >= 0.6 is 43.7 Å². The van der Waals surface area contributed by atoms with E-state index >= 15 is 0 Å². The highest BCUT2D eigenvalue weighted by atomic mass is 35.5.